The molecule has 1 aliphatic carbocycles. The maximum atomic E-state index is 13.5. The summed E-state index contributed by atoms with van der Waals surface area (Å²) in [6, 6.07) is 5.84. The van der Waals surface area contributed by atoms with Crippen LogP contribution in [0.5, 0.6) is 0 Å². The van der Waals surface area contributed by atoms with Gasteiger partial charge in [-0.1, -0.05) is 44.2 Å². The van der Waals surface area contributed by atoms with Crippen LogP contribution in [-0.2, 0) is 16.6 Å². The van der Waals surface area contributed by atoms with Crippen molar-refractivity contribution in [2.24, 2.45) is 5.92 Å². The van der Waals surface area contributed by atoms with Gasteiger partial charge in [0.25, 0.3) is 0 Å². The number of halogens is 1. The van der Waals surface area contributed by atoms with Crippen molar-refractivity contribution >= 4 is 23.2 Å². The standard InChI is InChI=1S/C27H28FN7O/c1-27(17-8-10-18(28)11-9-17)21-22(29)32-23(33-24(21)34-26(27)36)20-15-35-14-13-30-25(35)19(31-20)12-7-16-5-3-2-4-6-16/h8-11,13-16H,2-7,12H2,1H3,(H3,29,32,33,34,36). The maximum absolute atomic E-state index is 13.5. The third-order valence-corrected chi connectivity index (χ3v) is 7.73. The second-order valence-electron chi connectivity index (χ2n) is 10.0. The van der Waals surface area contributed by atoms with E-state index in [-0.39, 0.29) is 17.5 Å². The van der Waals surface area contributed by atoms with E-state index in [0.29, 0.717) is 28.5 Å². The fourth-order valence-electron chi connectivity index (χ4n) is 5.67. The van der Waals surface area contributed by atoms with E-state index in [1.165, 1.54) is 44.2 Å². The molecule has 4 heterocycles. The summed E-state index contributed by atoms with van der Waals surface area (Å²) in [5, 5.41) is 2.86. The predicted molar refractivity (Wildman–Crippen MR) is 135 cm³/mol. The lowest BCUT2D eigenvalue weighted by molar-refractivity contribution is -0.119. The molecular formula is C27H28FN7O. The number of imidazole rings is 1. The molecule has 8 nitrogen and oxygen atoms in total. The highest BCUT2D eigenvalue weighted by atomic mass is 19.1. The maximum Gasteiger partial charge on any atom is 0.240 e. The van der Waals surface area contributed by atoms with Crippen molar-refractivity contribution in [1.82, 2.24) is 24.3 Å². The van der Waals surface area contributed by atoms with Gasteiger partial charge in [0, 0.05) is 18.6 Å². The van der Waals surface area contributed by atoms with Crippen molar-refractivity contribution in [2.45, 2.75) is 57.3 Å². The number of nitrogens with one attached hydrogen (secondary N) is 1. The Morgan fingerprint density at radius 1 is 1.14 bits per heavy atom. The van der Waals surface area contributed by atoms with Crippen molar-refractivity contribution in [1.29, 1.82) is 0 Å². The van der Waals surface area contributed by atoms with E-state index >= 15 is 0 Å². The predicted octanol–water partition coefficient (Wildman–Crippen LogP) is 4.68. The Bertz CT molecular complexity index is 1460. The van der Waals surface area contributed by atoms with Crippen molar-refractivity contribution in [3.8, 4) is 11.5 Å². The summed E-state index contributed by atoms with van der Waals surface area (Å²) in [4.78, 5) is 31.8. The van der Waals surface area contributed by atoms with E-state index in [4.69, 9.17) is 10.7 Å². The normalized spacial score (nSPS) is 20.0. The number of benzene rings is 1. The molecule has 2 aliphatic rings. The Morgan fingerprint density at radius 2 is 1.92 bits per heavy atom. The number of rotatable bonds is 5. The third kappa shape index (κ3) is 3.70. The lowest BCUT2D eigenvalue weighted by Gasteiger charge is -2.23. The van der Waals surface area contributed by atoms with Gasteiger partial charge in [0.2, 0.25) is 5.91 Å². The van der Waals surface area contributed by atoms with E-state index in [1.807, 2.05) is 16.8 Å². The van der Waals surface area contributed by atoms with Gasteiger partial charge in [-0.05, 0) is 43.4 Å². The summed E-state index contributed by atoms with van der Waals surface area (Å²) >= 11 is 0. The van der Waals surface area contributed by atoms with Crippen molar-refractivity contribution in [3.05, 3.63) is 65.5 Å². The Hall–Kier alpha value is -3.88. The van der Waals surface area contributed by atoms with E-state index in [2.05, 4.69) is 20.3 Å². The first kappa shape index (κ1) is 22.6. The minimum atomic E-state index is -1.13. The number of nitrogens with zero attached hydrogens (tertiary/aromatic N) is 5. The zero-order valence-electron chi connectivity index (χ0n) is 20.2. The number of hydrogen-bond donors (Lipinski definition) is 2. The van der Waals surface area contributed by atoms with E-state index in [9.17, 15) is 9.18 Å². The third-order valence-electron chi connectivity index (χ3n) is 7.73. The number of carbonyl (C=O) groups is 1. The van der Waals surface area contributed by atoms with Crippen LogP contribution in [0.25, 0.3) is 17.2 Å². The van der Waals surface area contributed by atoms with E-state index in [0.717, 1.165) is 30.1 Å². The van der Waals surface area contributed by atoms with Crippen LogP contribution in [0, 0.1) is 11.7 Å². The molecule has 4 aromatic rings. The lowest BCUT2D eigenvalue weighted by atomic mass is 9.78. The molecule has 1 saturated carbocycles. The van der Waals surface area contributed by atoms with Crippen molar-refractivity contribution in [2.75, 3.05) is 11.1 Å². The first-order chi connectivity index (χ1) is 17.4. The van der Waals surface area contributed by atoms with Gasteiger partial charge in [0.1, 0.15) is 28.6 Å². The summed E-state index contributed by atoms with van der Waals surface area (Å²) in [5.74, 6) is 0.950. The highest BCUT2D eigenvalue weighted by Crippen LogP contribution is 2.44. The largest absolute Gasteiger partial charge is 0.383 e. The van der Waals surface area contributed by atoms with Gasteiger partial charge in [0.15, 0.2) is 11.5 Å². The van der Waals surface area contributed by atoms with Crippen LogP contribution >= 0.6 is 0 Å². The van der Waals surface area contributed by atoms with Gasteiger partial charge in [-0.15, -0.1) is 0 Å². The molecule has 1 atom stereocenters. The molecule has 3 N–H and O–H groups in total. The summed E-state index contributed by atoms with van der Waals surface area (Å²) in [6.07, 6.45) is 13.9. The Labute approximate surface area is 208 Å². The Balaban J connectivity index is 1.38. The molecule has 0 bridgehead atoms. The number of hydrogen-bond acceptors (Lipinski definition) is 6. The Kier molecular flexibility index (Phi) is 5.43. The number of nitrogens with two attached hydrogens (primary N) is 1. The molecule has 36 heavy (non-hydrogen) atoms. The topological polar surface area (TPSA) is 111 Å². The fourth-order valence-corrected chi connectivity index (χ4v) is 5.67. The minimum Gasteiger partial charge on any atom is -0.383 e. The molecule has 184 valence electrons. The average molecular weight is 486 g/mol. The first-order valence-corrected chi connectivity index (χ1v) is 12.5. The van der Waals surface area contributed by atoms with Crippen LogP contribution in [0.4, 0.5) is 16.0 Å². The summed E-state index contributed by atoms with van der Waals surface area (Å²) in [7, 11) is 0. The minimum absolute atomic E-state index is 0.191. The second kappa shape index (κ2) is 8.65. The van der Waals surface area contributed by atoms with Crippen LogP contribution < -0.4 is 11.1 Å². The van der Waals surface area contributed by atoms with Crippen LogP contribution in [0.15, 0.2) is 42.9 Å². The second-order valence-corrected chi connectivity index (χ2v) is 10.0. The Morgan fingerprint density at radius 3 is 2.69 bits per heavy atom. The highest BCUT2D eigenvalue weighted by molar-refractivity contribution is 6.09. The van der Waals surface area contributed by atoms with E-state index < -0.39 is 5.41 Å². The SMILES string of the molecule is CC1(c2ccc(F)cc2)C(=O)Nc2nc(-c3cn4ccnc4c(CCC4CCCCC4)n3)nc(N)c21. The molecule has 6 rings (SSSR count). The summed E-state index contributed by atoms with van der Waals surface area (Å²) in [6.45, 7) is 1.75. The fraction of sp³-hybridized carbons (Fsp3) is 0.370. The highest BCUT2D eigenvalue weighted by Gasteiger charge is 2.47. The quantitative estimate of drug-likeness (QED) is 0.425. The molecule has 1 aliphatic heterocycles. The number of anilines is 2. The van der Waals surface area contributed by atoms with Gasteiger partial charge < -0.3 is 15.5 Å². The number of carbonyl (C=O) groups excluding carboxylic acids is 1. The number of aryl methyl sites for hydroxylation is 1. The van der Waals surface area contributed by atoms with Gasteiger partial charge in [-0.2, -0.15) is 0 Å². The average Bonchev–Trinajstić information content (AvgIpc) is 3.46. The van der Waals surface area contributed by atoms with Gasteiger partial charge in [0.05, 0.1) is 11.3 Å². The summed E-state index contributed by atoms with van der Waals surface area (Å²) < 4.78 is 15.5. The number of amides is 1. The molecule has 1 unspecified atom stereocenters. The molecule has 0 spiro atoms. The van der Waals surface area contributed by atoms with Gasteiger partial charge >= 0.3 is 0 Å². The number of nitrogen functional groups attached to an aromatic ring is 1. The smallest absolute Gasteiger partial charge is 0.240 e. The monoisotopic (exact) mass is 485 g/mol. The molecule has 3 aromatic heterocycles. The first-order valence-electron chi connectivity index (χ1n) is 12.5. The molecular weight excluding hydrogens is 457 g/mol. The molecule has 1 aromatic carbocycles. The molecule has 0 saturated heterocycles. The van der Waals surface area contributed by atoms with Gasteiger partial charge in [-0.25, -0.2) is 24.3 Å². The number of aromatic nitrogens is 5. The van der Waals surface area contributed by atoms with Crippen LogP contribution in [0.1, 0.15) is 62.3 Å². The van der Waals surface area contributed by atoms with Crippen molar-refractivity contribution in [3.63, 3.8) is 0 Å². The van der Waals surface area contributed by atoms with Crippen LogP contribution in [0.3, 0.4) is 0 Å². The lowest BCUT2D eigenvalue weighted by Crippen LogP contribution is -2.33. The zero-order chi connectivity index (χ0) is 24.9. The van der Waals surface area contributed by atoms with Gasteiger partial charge in [-0.3, -0.25) is 4.79 Å². The van der Waals surface area contributed by atoms with Crippen LogP contribution in [0.2, 0.25) is 0 Å². The molecule has 9 heteroatoms. The van der Waals surface area contributed by atoms with E-state index in [1.54, 1.807) is 25.3 Å². The summed E-state index contributed by atoms with van der Waals surface area (Å²) in [5.41, 5.74) is 8.73. The zero-order valence-corrected chi connectivity index (χ0v) is 20.2. The number of fused-ring (bicyclic) bond motifs is 2. The molecule has 0 radical (unpaired) electrons. The van der Waals surface area contributed by atoms with Crippen LogP contribution in [-0.4, -0.2) is 30.2 Å². The molecule has 1 fully saturated rings. The van der Waals surface area contributed by atoms with Crippen molar-refractivity contribution < 1.29 is 9.18 Å². The molecule has 1 amide bonds.